The highest BCUT2D eigenvalue weighted by Crippen LogP contribution is 2.28. The molecule has 0 saturated heterocycles. The first kappa shape index (κ1) is 15.1. The molecule has 0 spiro atoms. The summed E-state index contributed by atoms with van der Waals surface area (Å²) in [5.74, 6) is 0. The fraction of sp³-hybridized carbons (Fsp3) is 0.538. The van der Waals surface area contributed by atoms with Gasteiger partial charge in [0.25, 0.3) is 5.69 Å². The summed E-state index contributed by atoms with van der Waals surface area (Å²) < 4.78 is 6.06. The number of nitro groups is 1. The molecule has 100 valence electrons. The number of benzene rings is 1. The van der Waals surface area contributed by atoms with Gasteiger partial charge in [0.15, 0.2) is 0 Å². The van der Waals surface area contributed by atoms with Crippen LogP contribution in [0, 0.1) is 15.5 Å². The maximum Gasteiger partial charge on any atom is 0.283 e. The molecule has 0 bridgehead atoms. The molecule has 1 aromatic carbocycles. The summed E-state index contributed by atoms with van der Waals surface area (Å²) in [7, 11) is 0. The number of nitrogens with zero attached hydrogens (tertiary/aromatic N) is 1. The van der Waals surface area contributed by atoms with Crippen LogP contribution < -0.4 is 0 Å². The highest BCUT2D eigenvalue weighted by atomic mass is 79.9. The van der Waals surface area contributed by atoms with Crippen LogP contribution in [0.25, 0.3) is 0 Å². The Morgan fingerprint density at radius 3 is 2.61 bits per heavy atom. The Morgan fingerprint density at radius 2 is 2.06 bits per heavy atom. The Kier molecular flexibility index (Phi) is 5.28. The van der Waals surface area contributed by atoms with Crippen LogP contribution in [-0.2, 0) is 11.3 Å². The van der Waals surface area contributed by atoms with Crippen LogP contribution in [0.15, 0.2) is 22.7 Å². The Balaban J connectivity index is 2.58. The van der Waals surface area contributed by atoms with E-state index in [1.54, 1.807) is 6.07 Å². The van der Waals surface area contributed by atoms with Gasteiger partial charge >= 0.3 is 0 Å². The molecule has 0 radical (unpaired) electrons. The summed E-state index contributed by atoms with van der Waals surface area (Å²) in [5.41, 5.74) is 1.12. The average molecular weight is 316 g/mol. The second-order valence-electron chi connectivity index (χ2n) is 5.37. The molecule has 0 aromatic heterocycles. The summed E-state index contributed by atoms with van der Waals surface area (Å²) >= 11 is 3.25. The fourth-order valence-corrected chi connectivity index (χ4v) is 1.90. The first-order chi connectivity index (χ1) is 8.31. The Labute approximate surface area is 116 Å². The van der Waals surface area contributed by atoms with Gasteiger partial charge in [0.2, 0.25) is 0 Å². The minimum absolute atomic E-state index is 0.0759. The van der Waals surface area contributed by atoms with Crippen molar-refractivity contribution in [2.45, 2.75) is 33.8 Å². The van der Waals surface area contributed by atoms with Gasteiger partial charge in [0, 0.05) is 12.7 Å². The van der Waals surface area contributed by atoms with Crippen molar-refractivity contribution in [2.75, 3.05) is 6.61 Å². The lowest BCUT2D eigenvalue weighted by Gasteiger charge is -2.17. The van der Waals surface area contributed by atoms with E-state index in [9.17, 15) is 10.1 Å². The largest absolute Gasteiger partial charge is 0.377 e. The zero-order valence-electron chi connectivity index (χ0n) is 10.9. The second kappa shape index (κ2) is 6.29. The molecule has 0 heterocycles. The molecule has 5 heteroatoms. The monoisotopic (exact) mass is 315 g/mol. The van der Waals surface area contributed by atoms with Crippen LogP contribution in [0.1, 0.15) is 32.8 Å². The number of halogens is 1. The van der Waals surface area contributed by atoms with Gasteiger partial charge in [-0.05, 0) is 33.3 Å². The minimum atomic E-state index is -0.400. The molecule has 0 atom stereocenters. The third-order valence-corrected chi connectivity index (χ3v) is 3.42. The maximum absolute atomic E-state index is 10.8. The van der Waals surface area contributed by atoms with E-state index in [0.717, 1.165) is 12.0 Å². The number of nitro benzene ring substituents is 1. The Morgan fingerprint density at radius 1 is 1.39 bits per heavy atom. The number of ether oxygens (including phenoxy) is 1. The van der Waals surface area contributed by atoms with E-state index >= 15 is 0 Å². The maximum atomic E-state index is 10.8. The van der Waals surface area contributed by atoms with Crippen LogP contribution in [0.5, 0.6) is 0 Å². The van der Waals surface area contributed by atoms with Crippen molar-refractivity contribution in [2.24, 2.45) is 5.41 Å². The van der Waals surface area contributed by atoms with Gasteiger partial charge in [-0.25, -0.2) is 0 Å². The zero-order chi connectivity index (χ0) is 13.8. The lowest BCUT2D eigenvalue weighted by atomic mass is 9.93. The quantitative estimate of drug-likeness (QED) is 0.462. The van der Waals surface area contributed by atoms with Crippen molar-refractivity contribution in [1.82, 2.24) is 0 Å². The molecule has 0 saturated carbocycles. The molecule has 18 heavy (non-hydrogen) atoms. The number of hydrogen-bond acceptors (Lipinski definition) is 3. The number of hydrogen-bond donors (Lipinski definition) is 0. The second-order valence-corrected chi connectivity index (χ2v) is 6.16. The van der Waals surface area contributed by atoms with Gasteiger partial charge in [-0.2, -0.15) is 0 Å². The van der Waals surface area contributed by atoms with Crippen molar-refractivity contribution in [3.63, 3.8) is 0 Å². The van der Waals surface area contributed by atoms with Gasteiger partial charge in [0.05, 0.1) is 11.5 Å². The van der Waals surface area contributed by atoms with Crippen molar-refractivity contribution < 1.29 is 9.66 Å². The van der Waals surface area contributed by atoms with E-state index in [1.807, 2.05) is 6.07 Å². The van der Waals surface area contributed by atoms with E-state index in [2.05, 4.69) is 36.7 Å². The van der Waals surface area contributed by atoms with E-state index in [-0.39, 0.29) is 11.1 Å². The van der Waals surface area contributed by atoms with E-state index in [0.29, 0.717) is 17.7 Å². The molecule has 0 unspecified atom stereocenters. The van der Waals surface area contributed by atoms with Crippen LogP contribution in [0.3, 0.4) is 0 Å². The summed E-state index contributed by atoms with van der Waals surface area (Å²) in [6.07, 6.45) is 0.958. The predicted octanol–water partition coefficient (Wildman–Crippen LogP) is 4.31. The van der Waals surface area contributed by atoms with Gasteiger partial charge in [0.1, 0.15) is 4.47 Å². The molecule has 4 nitrogen and oxygen atoms in total. The minimum Gasteiger partial charge on any atom is -0.377 e. The van der Waals surface area contributed by atoms with E-state index < -0.39 is 4.92 Å². The lowest BCUT2D eigenvalue weighted by molar-refractivity contribution is -0.385. The molecule has 0 N–H and O–H groups in total. The standard InChI is InChI=1S/C13H18BrNO3/c1-13(2,3)7-8-18-9-10-5-4-6-11(12(10)14)15(16)17/h4-6H,7-9H2,1-3H3. The first-order valence-electron chi connectivity index (χ1n) is 5.81. The van der Waals surface area contributed by atoms with Crippen molar-refractivity contribution in [3.05, 3.63) is 38.3 Å². The molecular formula is C13H18BrNO3. The average Bonchev–Trinajstić information content (AvgIpc) is 2.24. The fourth-order valence-electron chi connectivity index (χ4n) is 1.38. The molecule has 1 aromatic rings. The topological polar surface area (TPSA) is 52.4 Å². The Hall–Kier alpha value is -0.940. The van der Waals surface area contributed by atoms with Crippen LogP contribution in [0.4, 0.5) is 5.69 Å². The van der Waals surface area contributed by atoms with E-state index in [4.69, 9.17) is 4.74 Å². The zero-order valence-corrected chi connectivity index (χ0v) is 12.5. The number of rotatable bonds is 5. The highest BCUT2D eigenvalue weighted by Gasteiger charge is 2.15. The molecular weight excluding hydrogens is 298 g/mol. The van der Waals surface area contributed by atoms with Gasteiger partial charge < -0.3 is 4.74 Å². The van der Waals surface area contributed by atoms with Gasteiger partial charge in [-0.3, -0.25) is 10.1 Å². The van der Waals surface area contributed by atoms with Crippen molar-refractivity contribution >= 4 is 21.6 Å². The van der Waals surface area contributed by atoms with E-state index in [1.165, 1.54) is 6.07 Å². The SMILES string of the molecule is CC(C)(C)CCOCc1cccc([N+](=O)[O-])c1Br. The lowest BCUT2D eigenvalue weighted by Crippen LogP contribution is -2.09. The smallest absolute Gasteiger partial charge is 0.283 e. The summed E-state index contributed by atoms with van der Waals surface area (Å²) in [5, 5.41) is 10.8. The summed E-state index contributed by atoms with van der Waals surface area (Å²) in [6, 6.07) is 4.97. The van der Waals surface area contributed by atoms with Crippen molar-refractivity contribution in [1.29, 1.82) is 0 Å². The van der Waals surface area contributed by atoms with Crippen molar-refractivity contribution in [3.8, 4) is 0 Å². The van der Waals surface area contributed by atoms with Gasteiger partial charge in [-0.15, -0.1) is 0 Å². The highest BCUT2D eigenvalue weighted by molar-refractivity contribution is 9.10. The molecule has 1 rings (SSSR count). The predicted molar refractivity (Wildman–Crippen MR) is 74.5 cm³/mol. The Bertz CT molecular complexity index is 427. The first-order valence-corrected chi connectivity index (χ1v) is 6.60. The third-order valence-electron chi connectivity index (χ3n) is 2.51. The van der Waals surface area contributed by atoms with Crippen LogP contribution in [0.2, 0.25) is 0 Å². The summed E-state index contributed by atoms with van der Waals surface area (Å²) in [6.45, 7) is 7.50. The molecule has 0 aliphatic carbocycles. The molecule has 0 amide bonds. The third kappa shape index (κ3) is 4.74. The molecule has 0 aliphatic heterocycles. The molecule has 0 aliphatic rings. The normalized spacial score (nSPS) is 11.6. The molecule has 0 fully saturated rings. The van der Waals surface area contributed by atoms with Crippen LogP contribution >= 0.6 is 15.9 Å². The van der Waals surface area contributed by atoms with Gasteiger partial charge in [-0.1, -0.05) is 32.9 Å². The summed E-state index contributed by atoms with van der Waals surface area (Å²) in [4.78, 5) is 10.4. The van der Waals surface area contributed by atoms with Crippen LogP contribution in [-0.4, -0.2) is 11.5 Å².